The summed E-state index contributed by atoms with van der Waals surface area (Å²) in [6.45, 7) is 0.409. The summed E-state index contributed by atoms with van der Waals surface area (Å²) in [6, 6.07) is 18.2. The lowest BCUT2D eigenvalue weighted by Gasteiger charge is -2.09. The van der Waals surface area contributed by atoms with Gasteiger partial charge in [-0.3, -0.25) is 4.79 Å². The van der Waals surface area contributed by atoms with E-state index in [1.807, 2.05) is 48.5 Å². The van der Waals surface area contributed by atoms with Crippen molar-refractivity contribution in [3.63, 3.8) is 0 Å². The third-order valence-corrected chi connectivity index (χ3v) is 5.26. The molecule has 0 fully saturated rings. The molecule has 7 heteroatoms. The zero-order chi connectivity index (χ0) is 19.2. The van der Waals surface area contributed by atoms with Crippen LogP contribution in [0.15, 0.2) is 65.6 Å². The molecule has 0 saturated carbocycles. The first kappa shape index (κ1) is 19.1. The lowest BCUT2D eigenvalue weighted by Crippen LogP contribution is -2.24. The second-order valence-electron chi connectivity index (χ2n) is 5.85. The Morgan fingerprint density at radius 2 is 1.70 bits per heavy atom. The smallest absolute Gasteiger partial charge is 0.316 e. The van der Waals surface area contributed by atoms with Crippen molar-refractivity contribution < 1.29 is 9.59 Å². The Bertz CT molecular complexity index is 971. The maximum Gasteiger partial charge on any atom is 0.316 e. The summed E-state index contributed by atoms with van der Waals surface area (Å²) in [6.07, 6.45) is 0. The number of hydrogen-bond acceptors (Lipinski definition) is 3. The predicted octanol–water partition coefficient (Wildman–Crippen LogP) is 4.39. The first-order valence-corrected chi connectivity index (χ1v) is 9.61. The molecule has 27 heavy (non-hydrogen) atoms. The zero-order valence-electron chi connectivity index (χ0n) is 14.4. The van der Waals surface area contributed by atoms with Crippen molar-refractivity contribution in [2.24, 2.45) is 5.73 Å². The fourth-order valence-electron chi connectivity index (χ4n) is 2.63. The van der Waals surface area contributed by atoms with Crippen molar-refractivity contribution in [2.45, 2.75) is 11.4 Å². The number of primary amides is 1. The first-order valence-electron chi connectivity index (χ1n) is 8.25. The number of anilines is 1. The lowest BCUT2D eigenvalue weighted by molar-refractivity contribution is -0.118. The van der Waals surface area contributed by atoms with Crippen molar-refractivity contribution in [1.82, 2.24) is 5.32 Å². The number of hydrogen-bond donors (Lipinski definition) is 3. The summed E-state index contributed by atoms with van der Waals surface area (Å²) in [5, 5.41) is 8.08. The number of thioether (sulfide) groups is 1. The molecule has 3 aromatic carbocycles. The molecule has 138 valence electrons. The van der Waals surface area contributed by atoms with Crippen LogP contribution in [0.2, 0.25) is 5.02 Å². The first-order chi connectivity index (χ1) is 13.0. The van der Waals surface area contributed by atoms with Crippen molar-refractivity contribution >= 4 is 51.8 Å². The number of nitrogens with one attached hydrogen (secondary N) is 2. The Morgan fingerprint density at radius 1 is 1.00 bits per heavy atom. The van der Waals surface area contributed by atoms with E-state index in [9.17, 15) is 9.59 Å². The highest BCUT2D eigenvalue weighted by Gasteiger charge is 2.08. The van der Waals surface area contributed by atoms with Crippen LogP contribution in [-0.4, -0.2) is 17.7 Å². The maximum absolute atomic E-state index is 12.2. The predicted molar refractivity (Wildman–Crippen MR) is 111 cm³/mol. The topological polar surface area (TPSA) is 84.2 Å². The monoisotopic (exact) mass is 399 g/mol. The van der Waals surface area contributed by atoms with E-state index in [1.54, 1.807) is 12.1 Å². The van der Waals surface area contributed by atoms with Crippen molar-refractivity contribution in [2.75, 3.05) is 11.1 Å². The molecule has 0 saturated heterocycles. The van der Waals surface area contributed by atoms with Gasteiger partial charge in [-0.1, -0.05) is 48.0 Å². The quantitative estimate of drug-likeness (QED) is 0.537. The van der Waals surface area contributed by atoms with E-state index < -0.39 is 6.03 Å². The molecule has 3 aromatic rings. The number of amides is 3. The minimum Gasteiger partial charge on any atom is -0.351 e. The molecule has 4 N–H and O–H groups in total. The highest BCUT2D eigenvalue weighted by molar-refractivity contribution is 8.00. The van der Waals surface area contributed by atoms with Gasteiger partial charge < -0.3 is 16.4 Å². The standard InChI is InChI=1S/C20H18ClN3O2S/c21-16-5-1-3-14-4-2-6-17(19(14)16)27-12-18(25)23-11-13-7-9-15(10-8-13)24-20(22)26/h1-10H,11-12H2,(H,23,25)(H3,22,24,26). The van der Waals surface area contributed by atoms with E-state index in [4.69, 9.17) is 17.3 Å². The Labute approximate surface area is 166 Å². The van der Waals surface area contributed by atoms with Crippen LogP contribution >= 0.6 is 23.4 Å². The summed E-state index contributed by atoms with van der Waals surface area (Å²) in [4.78, 5) is 24.0. The fraction of sp³-hybridized carbons (Fsp3) is 0.100. The third kappa shape index (κ3) is 5.15. The molecule has 0 aliphatic carbocycles. The summed E-state index contributed by atoms with van der Waals surface area (Å²) in [5.41, 5.74) is 6.61. The van der Waals surface area contributed by atoms with Crippen LogP contribution < -0.4 is 16.4 Å². The van der Waals surface area contributed by atoms with Gasteiger partial charge in [0.2, 0.25) is 5.91 Å². The normalized spacial score (nSPS) is 10.6. The minimum absolute atomic E-state index is 0.0663. The van der Waals surface area contributed by atoms with Gasteiger partial charge in [0.15, 0.2) is 0 Å². The molecule has 0 unspecified atom stereocenters. The molecule has 0 heterocycles. The molecule has 0 aliphatic heterocycles. The van der Waals surface area contributed by atoms with E-state index in [1.165, 1.54) is 11.8 Å². The van der Waals surface area contributed by atoms with Crippen LogP contribution in [0.5, 0.6) is 0 Å². The van der Waals surface area contributed by atoms with Crippen molar-refractivity contribution in [3.05, 3.63) is 71.2 Å². The lowest BCUT2D eigenvalue weighted by atomic mass is 10.1. The average Bonchev–Trinajstić information content (AvgIpc) is 2.65. The zero-order valence-corrected chi connectivity index (χ0v) is 15.9. The number of nitrogens with two attached hydrogens (primary N) is 1. The molecular weight excluding hydrogens is 382 g/mol. The van der Waals surface area contributed by atoms with Gasteiger partial charge in [0.1, 0.15) is 0 Å². The van der Waals surface area contributed by atoms with Gasteiger partial charge in [-0.15, -0.1) is 11.8 Å². The summed E-state index contributed by atoms with van der Waals surface area (Å²) >= 11 is 7.77. The van der Waals surface area contributed by atoms with E-state index in [0.29, 0.717) is 23.0 Å². The average molecular weight is 400 g/mol. The number of urea groups is 1. The number of fused-ring (bicyclic) bond motifs is 1. The molecule has 3 amide bonds. The number of carbonyl (C=O) groups is 2. The molecule has 0 radical (unpaired) electrons. The second-order valence-corrected chi connectivity index (χ2v) is 7.27. The maximum atomic E-state index is 12.2. The third-order valence-electron chi connectivity index (χ3n) is 3.89. The SMILES string of the molecule is NC(=O)Nc1ccc(CNC(=O)CSc2cccc3cccc(Cl)c23)cc1. The second kappa shape index (κ2) is 8.79. The van der Waals surface area contributed by atoms with Crippen LogP contribution in [0.4, 0.5) is 10.5 Å². The molecule has 0 atom stereocenters. The Morgan fingerprint density at radius 3 is 2.41 bits per heavy atom. The van der Waals surface area contributed by atoms with E-state index in [2.05, 4.69) is 10.6 Å². The Hall–Kier alpha value is -2.70. The molecule has 0 spiro atoms. The van der Waals surface area contributed by atoms with E-state index >= 15 is 0 Å². The largest absolute Gasteiger partial charge is 0.351 e. The summed E-state index contributed by atoms with van der Waals surface area (Å²) in [5.74, 6) is 0.231. The highest BCUT2D eigenvalue weighted by atomic mass is 35.5. The van der Waals surface area contributed by atoms with Crippen LogP contribution in [0.3, 0.4) is 0 Å². The van der Waals surface area contributed by atoms with Gasteiger partial charge in [-0.2, -0.15) is 0 Å². The van der Waals surface area contributed by atoms with E-state index in [0.717, 1.165) is 21.2 Å². The van der Waals surface area contributed by atoms with Crippen molar-refractivity contribution in [3.8, 4) is 0 Å². The van der Waals surface area contributed by atoms with Crippen molar-refractivity contribution in [1.29, 1.82) is 0 Å². The Kier molecular flexibility index (Phi) is 6.21. The number of benzene rings is 3. The van der Waals surface area contributed by atoms with Crippen LogP contribution in [0, 0.1) is 0 Å². The highest BCUT2D eigenvalue weighted by Crippen LogP contribution is 2.33. The molecule has 3 rings (SSSR count). The van der Waals surface area contributed by atoms with Crippen LogP contribution in [0.1, 0.15) is 5.56 Å². The number of rotatable bonds is 6. The van der Waals surface area contributed by atoms with Gasteiger partial charge >= 0.3 is 6.03 Å². The molecule has 5 nitrogen and oxygen atoms in total. The summed E-state index contributed by atoms with van der Waals surface area (Å²) in [7, 11) is 0. The Balaban J connectivity index is 1.55. The van der Waals surface area contributed by atoms with Gasteiger partial charge in [0.05, 0.1) is 5.75 Å². The van der Waals surface area contributed by atoms with Gasteiger partial charge in [-0.25, -0.2) is 4.79 Å². The molecule has 0 aromatic heterocycles. The summed E-state index contributed by atoms with van der Waals surface area (Å²) < 4.78 is 0. The van der Waals surface area contributed by atoms with Gasteiger partial charge in [0.25, 0.3) is 0 Å². The number of carbonyl (C=O) groups excluding carboxylic acids is 2. The molecule has 0 aliphatic rings. The van der Waals surface area contributed by atoms with Crippen LogP contribution in [0.25, 0.3) is 10.8 Å². The van der Waals surface area contributed by atoms with Crippen LogP contribution in [-0.2, 0) is 11.3 Å². The minimum atomic E-state index is -0.610. The van der Waals surface area contributed by atoms with E-state index in [-0.39, 0.29) is 5.91 Å². The fourth-order valence-corrected chi connectivity index (χ4v) is 3.90. The molecular formula is C20H18ClN3O2S. The van der Waals surface area contributed by atoms with Gasteiger partial charge in [0, 0.05) is 27.5 Å². The van der Waals surface area contributed by atoms with Gasteiger partial charge in [-0.05, 0) is 35.2 Å². The molecule has 0 bridgehead atoms. The number of halogens is 1.